The van der Waals surface area contributed by atoms with Crippen LogP contribution in [0, 0.1) is 6.92 Å². The van der Waals surface area contributed by atoms with E-state index in [1.54, 1.807) is 0 Å². The molecule has 0 fully saturated rings. The molecule has 13 heavy (non-hydrogen) atoms. The topological polar surface area (TPSA) is 43.1 Å². The van der Waals surface area contributed by atoms with E-state index < -0.39 is 10.8 Å². The van der Waals surface area contributed by atoms with E-state index in [-0.39, 0.29) is 6.04 Å². The van der Waals surface area contributed by atoms with Crippen molar-refractivity contribution in [3.05, 3.63) is 29.3 Å². The standard InChI is InChI=1S/C10H13NOS/c1-7-3-2-4-8-9(11)5-6-13(12)10(7)8/h2-4,9H,5-6,11H2,1H3. The highest BCUT2D eigenvalue weighted by molar-refractivity contribution is 7.85. The predicted octanol–water partition coefficient (Wildman–Crippen LogP) is 1.51. The van der Waals surface area contributed by atoms with Crippen molar-refractivity contribution in [2.45, 2.75) is 24.3 Å². The van der Waals surface area contributed by atoms with E-state index in [2.05, 4.69) is 0 Å². The van der Waals surface area contributed by atoms with Crippen molar-refractivity contribution in [2.24, 2.45) is 5.73 Å². The second-order valence-corrected chi connectivity index (χ2v) is 4.95. The molecular weight excluding hydrogens is 182 g/mol. The van der Waals surface area contributed by atoms with Crippen LogP contribution in [-0.4, -0.2) is 9.96 Å². The fraction of sp³-hybridized carbons (Fsp3) is 0.400. The molecule has 0 radical (unpaired) electrons. The summed E-state index contributed by atoms with van der Waals surface area (Å²) in [5.41, 5.74) is 8.12. The van der Waals surface area contributed by atoms with Gasteiger partial charge in [0.2, 0.25) is 0 Å². The minimum absolute atomic E-state index is 0.0765. The smallest absolute Gasteiger partial charge is 0.0536 e. The molecule has 0 amide bonds. The van der Waals surface area contributed by atoms with Gasteiger partial charge in [-0.15, -0.1) is 0 Å². The third-order valence-corrected chi connectivity index (χ3v) is 4.10. The summed E-state index contributed by atoms with van der Waals surface area (Å²) >= 11 is 0. The molecule has 2 rings (SSSR count). The van der Waals surface area contributed by atoms with Crippen LogP contribution in [0.5, 0.6) is 0 Å². The summed E-state index contributed by atoms with van der Waals surface area (Å²) in [5, 5.41) is 0. The van der Waals surface area contributed by atoms with Crippen LogP contribution in [0.3, 0.4) is 0 Å². The van der Waals surface area contributed by atoms with Gasteiger partial charge in [0, 0.05) is 16.7 Å². The van der Waals surface area contributed by atoms with Gasteiger partial charge < -0.3 is 5.73 Å². The van der Waals surface area contributed by atoms with Crippen LogP contribution >= 0.6 is 0 Å². The summed E-state index contributed by atoms with van der Waals surface area (Å²) in [6.07, 6.45) is 0.836. The molecule has 1 aromatic carbocycles. The second kappa shape index (κ2) is 3.24. The first-order chi connectivity index (χ1) is 6.20. The molecule has 1 heterocycles. The van der Waals surface area contributed by atoms with Crippen LogP contribution in [0.1, 0.15) is 23.6 Å². The first-order valence-electron chi connectivity index (χ1n) is 4.43. The summed E-state index contributed by atoms with van der Waals surface area (Å²) in [6, 6.07) is 6.04. The Kier molecular flexibility index (Phi) is 2.22. The lowest BCUT2D eigenvalue weighted by molar-refractivity contribution is 0.635. The molecule has 2 unspecified atom stereocenters. The molecule has 0 saturated carbocycles. The van der Waals surface area contributed by atoms with E-state index >= 15 is 0 Å². The van der Waals surface area contributed by atoms with E-state index in [0.717, 1.165) is 22.4 Å². The molecule has 1 aliphatic rings. The molecule has 2 nitrogen and oxygen atoms in total. The lowest BCUT2D eigenvalue weighted by atomic mass is 10.0. The van der Waals surface area contributed by atoms with E-state index in [9.17, 15) is 4.21 Å². The summed E-state index contributed by atoms with van der Waals surface area (Å²) in [4.78, 5) is 0.973. The quantitative estimate of drug-likeness (QED) is 0.682. The van der Waals surface area contributed by atoms with E-state index in [1.807, 2.05) is 25.1 Å². The van der Waals surface area contributed by atoms with E-state index in [0.29, 0.717) is 5.75 Å². The Labute approximate surface area is 80.6 Å². The Morgan fingerprint density at radius 2 is 2.31 bits per heavy atom. The van der Waals surface area contributed by atoms with Crippen molar-refractivity contribution < 1.29 is 4.21 Å². The first-order valence-corrected chi connectivity index (χ1v) is 5.75. The molecule has 0 aliphatic carbocycles. The summed E-state index contributed by atoms with van der Waals surface area (Å²) in [5.74, 6) is 0.707. The molecule has 0 saturated heterocycles. The molecule has 0 aromatic heterocycles. The van der Waals surface area contributed by atoms with Gasteiger partial charge in [0.25, 0.3) is 0 Å². The van der Waals surface area contributed by atoms with Gasteiger partial charge in [0.05, 0.1) is 10.8 Å². The number of aryl methyl sites for hydroxylation is 1. The Morgan fingerprint density at radius 1 is 1.54 bits per heavy atom. The minimum Gasteiger partial charge on any atom is -0.324 e. The lowest BCUT2D eigenvalue weighted by Crippen LogP contribution is -2.22. The number of benzene rings is 1. The van der Waals surface area contributed by atoms with Crippen molar-refractivity contribution in [1.29, 1.82) is 0 Å². The summed E-state index contributed by atoms with van der Waals surface area (Å²) in [6.45, 7) is 1.99. The zero-order chi connectivity index (χ0) is 9.42. The Bertz CT molecular complexity index is 362. The third-order valence-electron chi connectivity index (χ3n) is 2.48. The largest absolute Gasteiger partial charge is 0.324 e. The predicted molar refractivity (Wildman–Crippen MR) is 54.0 cm³/mol. The van der Waals surface area contributed by atoms with Crippen LogP contribution in [-0.2, 0) is 10.8 Å². The zero-order valence-corrected chi connectivity index (χ0v) is 8.43. The van der Waals surface area contributed by atoms with Crippen molar-refractivity contribution in [2.75, 3.05) is 5.75 Å². The van der Waals surface area contributed by atoms with Gasteiger partial charge in [0.15, 0.2) is 0 Å². The minimum atomic E-state index is -0.827. The highest BCUT2D eigenvalue weighted by Crippen LogP contribution is 2.30. The number of nitrogens with two attached hydrogens (primary N) is 1. The van der Waals surface area contributed by atoms with Crippen LogP contribution in [0.25, 0.3) is 0 Å². The lowest BCUT2D eigenvalue weighted by Gasteiger charge is -2.22. The maximum absolute atomic E-state index is 11.7. The monoisotopic (exact) mass is 195 g/mol. The van der Waals surface area contributed by atoms with Crippen molar-refractivity contribution in [1.82, 2.24) is 0 Å². The number of rotatable bonds is 0. The summed E-state index contributed by atoms with van der Waals surface area (Å²) < 4.78 is 11.7. The highest BCUT2D eigenvalue weighted by Gasteiger charge is 2.22. The number of hydrogen-bond acceptors (Lipinski definition) is 2. The SMILES string of the molecule is Cc1cccc2c1S(=O)CCC2N. The van der Waals surface area contributed by atoms with E-state index in [4.69, 9.17) is 5.73 Å². The molecule has 0 bridgehead atoms. The fourth-order valence-electron chi connectivity index (χ4n) is 1.77. The molecule has 3 heteroatoms. The fourth-order valence-corrected chi connectivity index (χ4v) is 3.35. The molecule has 2 atom stereocenters. The van der Waals surface area contributed by atoms with Crippen molar-refractivity contribution in [3.63, 3.8) is 0 Å². The normalized spacial score (nSPS) is 26.9. The molecule has 1 aliphatic heterocycles. The van der Waals surface area contributed by atoms with Gasteiger partial charge in [-0.3, -0.25) is 4.21 Å². The van der Waals surface area contributed by atoms with Gasteiger partial charge >= 0.3 is 0 Å². The van der Waals surface area contributed by atoms with Gasteiger partial charge in [-0.2, -0.15) is 0 Å². The van der Waals surface area contributed by atoms with Gasteiger partial charge in [-0.05, 0) is 24.5 Å². The Balaban J connectivity index is 2.63. The van der Waals surface area contributed by atoms with E-state index in [1.165, 1.54) is 0 Å². The van der Waals surface area contributed by atoms with Gasteiger partial charge in [-0.1, -0.05) is 18.2 Å². The highest BCUT2D eigenvalue weighted by atomic mass is 32.2. The Hall–Kier alpha value is -0.670. The maximum Gasteiger partial charge on any atom is 0.0536 e. The maximum atomic E-state index is 11.7. The molecule has 1 aromatic rings. The number of fused-ring (bicyclic) bond motifs is 1. The third kappa shape index (κ3) is 1.42. The van der Waals surface area contributed by atoms with Crippen LogP contribution in [0.2, 0.25) is 0 Å². The molecule has 0 spiro atoms. The average molecular weight is 195 g/mol. The molecule has 70 valence electrons. The average Bonchev–Trinajstić information content (AvgIpc) is 2.12. The second-order valence-electron chi connectivity index (χ2n) is 3.44. The van der Waals surface area contributed by atoms with Crippen LogP contribution < -0.4 is 5.73 Å². The zero-order valence-electron chi connectivity index (χ0n) is 7.62. The first kappa shape index (κ1) is 8.91. The summed E-state index contributed by atoms with van der Waals surface area (Å²) in [7, 11) is -0.827. The molecular formula is C10H13NOS. The number of hydrogen-bond donors (Lipinski definition) is 1. The van der Waals surface area contributed by atoms with Gasteiger partial charge in [-0.25, -0.2) is 0 Å². The molecule has 2 N–H and O–H groups in total. The van der Waals surface area contributed by atoms with Crippen molar-refractivity contribution >= 4 is 10.8 Å². The van der Waals surface area contributed by atoms with Crippen LogP contribution in [0.15, 0.2) is 23.1 Å². The van der Waals surface area contributed by atoms with Crippen molar-refractivity contribution in [3.8, 4) is 0 Å². The van der Waals surface area contributed by atoms with Gasteiger partial charge in [0.1, 0.15) is 0 Å². The Morgan fingerprint density at radius 3 is 3.00 bits per heavy atom. The van der Waals surface area contributed by atoms with Crippen LogP contribution in [0.4, 0.5) is 0 Å².